The van der Waals surface area contributed by atoms with Crippen LogP contribution < -0.4 is 16.2 Å². The van der Waals surface area contributed by atoms with Gasteiger partial charge in [0.15, 0.2) is 5.96 Å². The molecule has 1 saturated carbocycles. The Morgan fingerprint density at radius 1 is 1.15 bits per heavy atom. The molecule has 0 atom stereocenters. The number of pyridine rings is 1. The van der Waals surface area contributed by atoms with Gasteiger partial charge in [-0.25, -0.2) is 4.98 Å². The van der Waals surface area contributed by atoms with Crippen molar-refractivity contribution in [1.82, 2.24) is 4.98 Å². The van der Waals surface area contributed by atoms with Crippen molar-refractivity contribution in [2.24, 2.45) is 16.5 Å². The first kappa shape index (κ1) is 17.0. The highest BCUT2D eigenvalue weighted by molar-refractivity contribution is 6.11. The van der Waals surface area contributed by atoms with Gasteiger partial charge in [0.2, 0.25) is 0 Å². The van der Waals surface area contributed by atoms with Crippen molar-refractivity contribution >= 4 is 22.8 Å². The van der Waals surface area contributed by atoms with Crippen LogP contribution in [-0.2, 0) is 0 Å². The second kappa shape index (κ2) is 6.72. The molecular formula is C21H20N4O2. The lowest BCUT2D eigenvalue weighted by Crippen LogP contribution is -2.24. The molecule has 3 aromatic rings. The smallest absolute Gasteiger partial charge is 0.280 e. The fraction of sp³-hybridized carbons (Fsp3) is 0.190. The monoisotopic (exact) mass is 360 g/mol. The van der Waals surface area contributed by atoms with Gasteiger partial charge in [-0.3, -0.25) is 4.79 Å². The predicted molar refractivity (Wildman–Crippen MR) is 106 cm³/mol. The minimum Gasteiger partial charge on any atom is -0.490 e. The number of ether oxygens (including phenoxy) is 1. The van der Waals surface area contributed by atoms with Gasteiger partial charge in [0.25, 0.3) is 5.91 Å². The Morgan fingerprint density at radius 2 is 1.93 bits per heavy atom. The Kier molecular flexibility index (Phi) is 4.24. The van der Waals surface area contributed by atoms with E-state index in [1.54, 1.807) is 6.07 Å². The van der Waals surface area contributed by atoms with Crippen molar-refractivity contribution in [2.45, 2.75) is 25.9 Å². The maximum Gasteiger partial charge on any atom is 0.280 e. The molecular weight excluding hydrogens is 340 g/mol. The molecule has 6 heteroatoms. The summed E-state index contributed by atoms with van der Waals surface area (Å²) in [6.45, 7) is 2.01. The summed E-state index contributed by atoms with van der Waals surface area (Å²) in [6, 6.07) is 15.2. The van der Waals surface area contributed by atoms with Gasteiger partial charge in [-0.05, 0) is 43.5 Å². The molecule has 0 saturated heterocycles. The fourth-order valence-electron chi connectivity index (χ4n) is 3.01. The van der Waals surface area contributed by atoms with E-state index in [4.69, 9.17) is 21.2 Å². The van der Waals surface area contributed by atoms with Gasteiger partial charge in [-0.15, -0.1) is 0 Å². The summed E-state index contributed by atoms with van der Waals surface area (Å²) >= 11 is 0. The van der Waals surface area contributed by atoms with Gasteiger partial charge in [-0.1, -0.05) is 24.3 Å². The van der Waals surface area contributed by atoms with Crippen LogP contribution in [0.25, 0.3) is 22.2 Å². The van der Waals surface area contributed by atoms with Gasteiger partial charge in [0.1, 0.15) is 5.75 Å². The quantitative estimate of drug-likeness (QED) is 0.549. The molecule has 1 fully saturated rings. The van der Waals surface area contributed by atoms with Crippen molar-refractivity contribution < 1.29 is 9.53 Å². The van der Waals surface area contributed by atoms with Crippen molar-refractivity contribution in [2.75, 3.05) is 0 Å². The number of carbonyl (C=O) groups is 1. The number of aromatic nitrogens is 1. The highest BCUT2D eigenvalue weighted by Gasteiger charge is 2.24. The van der Waals surface area contributed by atoms with E-state index in [-0.39, 0.29) is 12.1 Å². The Morgan fingerprint density at radius 3 is 2.63 bits per heavy atom. The normalized spacial score (nSPS) is 13.4. The number of benzene rings is 2. The predicted octanol–water partition coefficient (Wildman–Crippen LogP) is 3.17. The molecule has 1 aromatic heterocycles. The molecule has 1 aliphatic carbocycles. The molecule has 1 amide bonds. The zero-order valence-corrected chi connectivity index (χ0v) is 15.0. The molecule has 1 aliphatic rings. The van der Waals surface area contributed by atoms with Crippen molar-refractivity contribution in [1.29, 1.82) is 0 Å². The minimum atomic E-state index is -0.493. The van der Waals surface area contributed by atoms with Gasteiger partial charge >= 0.3 is 0 Å². The van der Waals surface area contributed by atoms with Crippen LogP contribution in [0.5, 0.6) is 5.75 Å². The number of hydrogen-bond acceptors (Lipinski definition) is 3. The molecule has 2 aromatic carbocycles. The standard InChI is InChI=1S/C21H20N4O2/c1-12-4-2-3-5-15(12)19-11-17(20(26)25-21(22)23)16-9-8-14(10-18(16)24-19)27-13-6-7-13/h2-5,8-11,13H,6-7H2,1H3,(H4,22,23,25,26). The fourth-order valence-corrected chi connectivity index (χ4v) is 3.01. The number of carbonyl (C=O) groups excluding carboxylic acids is 1. The van der Waals surface area contributed by atoms with Crippen LogP contribution in [0.2, 0.25) is 0 Å². The third-order valence-electron chi connectivity index (χ3n) is 4.49. The van der Waals surface area contributed by atoms with Gasteiger partial charge in [0, 0.05) is 17.0 Å². The number of hydrogen-bond donors (Lipinski definition) is 2. The van der Waals surface area contributed by atoms with Crippen molar-refractivity contribution in [3.8, 4) is 17.0 Å². The number of amides is 1. The number of fused-ring (bicyclic) bond motifs is 1. The summed E-state index contributed by atoms with van der Waals surface area (Å²) in [7, 11) is 0. The molecule has 4 rings (SSSR count). The number of aryl methyl sites for hydroxylation is 1. The second-order valence-electron chi connectivity index (χ2n) is 6.71. The van der Waals surface area contributed by atoms with E-state index in [0.29, 0.717) is 22.2 Å². The molecule has 1 heterocycles. The Hall–Kier alpha value is -3.41. The zero-order chi connectivity index (χ0) is 19.0. The summed E-state index contributed by atoms with van der Waals surface area (Å²) in [6.07, 6.45) is 2.43. The second-order valence-corrected chi connectivity index (χ2v) is 6.71. The molecule has 0 bridgehead atoms. The van der Waals surface area contributed by atoms with E-state index < -0.39 is 5.91 Å². The van der Waals surface area contributed by atoms with Crippen LogP contribution in [0.15, 0.2) is 53.5 Å². The summed E-state index contributed by atoms with van der Waals surface area (Å²) < 4.78 is 5.88. The number of nitrogens with two attached hydrogens (primary N) is 2. The maximum atomic E-state index is 12.6. The van der Waals surface area contributed by atoms with E-state index >= 15 is 0 Å². The highest BCUT2D eigenvalue weighted by Crippen LogP contribution is 2.32. The summed E-state index contributed by atoms with van der Waals surface area (Å²) in [5.41, 5.74) is 14.6. The largest absolute Gasteiger partial charge is 0.490 e. The number of nitrogens with zero attached hydrogens (tertiary/aromatic N) is 2. The minimum absolute atomic E-state index is 0.268. The molecule has 136 valence electrons. The van der Waals surface area contributed by atoms with E-state index in [0.717, 1.165) is 29.7 Å². The average molecular weight is 360 g/mol. The van der Waals surface area contributed by atoms with Crippen LogP contribution in [0, 0.1) is 6.92 Å². The third-order valence-corrected chi connectivity index (χ3v) is 4.49. The van der Waals surface area contributed by atoms with E-state index in [2.05, 4.69) is 4.99 Å². The first-order valence-electron chi connectivity index (χ1n) is 8.82. The molecule has 0 unspecified atom stereocenters. The maximum absolute atomic E-state index is 12.6. The van der Waals surface area contributed by atoms with Gasteiger partial charge < -0.3 is 16.2 Å². The van der Waals surface area contributed by atoms with Crippen LogP contribution in [0.1, 0.15) is 28.8 Å². The lowest BCUT2D eigenvalue weighted by Gasteiger charge is -2.11. The molecule has 4 N–H and O–H groups in total. The first-order valence-corrected chi connectivity index (χ1v) is 8.82. The Bertz CT molecular complexity index is 1070. The average Bonchev–Trinajstić information content (AvgIpc) is 3.44. The van der Waals surface area contributed by atoms with E-state index in [1.807, 2.05) is 49.4 Å². The third kappa shape index (κ3) is 3.60. The van der Waals surface area contributed by atoms with Gasteiger partial charge in [-0.2, -0.15) is 4.99 Å². The lowest BCUT2D eigenvalue weighted by molar-refractivity contribution is 0.100. The molecule has 0 spiro atoms. The summed E-state index contributed by atoms with van der Waals surface area (Å²) in [4.78, 5) is 21.1. The number of guanidine groups is 1. The van der Waals surface area contributed by atoms with Gasteiger partial charge in [0.05, 0.1) is 22.9 Å². The molecule has 0 aliphatic heterocycles. The van der Waals surface area contributed by atoms with Crippen molar-refractivity contribution in [3.05, 3.63) is 59.7 Å². The molecule has 27 heavy (non-hydrogen) atoms. The zero-order valence-electron chi connectivity index (χ0n) is 15.0. The van der Waals surface area contributed by atoms with Crippen LogP contribution in [0.4, 0.5) is 0 Å². The van der Waals surface area contributed by atoms with Crippen LogP contribution >= 0.6 is 0 Å². The highest BCUT2D eigenvalue weighted by atomic mass is 16.5. The van der Waals surface area contributed by atoms with Crippen LogP contribution in [0.3, 0.4) is 0 Å². The summed E-state index contributed by atoms with van der Waals surface area (Å²) in [5.74, 6) is -0.0103. The Balaban J connectivity index is 1.91. The van der Waals surface area contributed by atoms with E-state index in [9.17, 15) is 4.79 Å². The SMILES string of the molecule is Cc1ccccc1-c1cc(C(=O)N=C(N)N)c2ccc(OC3CC3)cc2n1. The van der Waals surface area contributed by atoms with Crippen LogP contribution in [-0.4, -0.2) is 23.0 Å². The lowest BCUT2D eigenvalue weighted by atomic mass is 10.0. The topological polar surface area (TPSA) is 104 Å². The van der Waals surface area contributed by atoms with Crippen molar-refractivity contribution in [3.63, 3.8) is 0 Å². The Labute approximate surface area is 156 Å². The van der Waals surface area contributed by atoms with E-state index in [1.165, 1.54) is 0 Å². The molecule has 6 nitrogen and oxygen atoms in total. The summed E-state index contributed by atoms with van der Waals surface area (Å²) in [5, 5.41) is 0.686. The first-order chi connectivity index (χ1) is 13.0. The molecule has 0 radical (unpaired) electrons. The number of aliphatic imine (C=N–C) groups is 1. The number of rotatable bonds is 4.